The third kappa shape index (κ3) is 17.5. The Balaban J connectivity index is 5.34. The minimum absolute atomic E-state index is 1.69. The molecule has 0 radical (unpaired) electrons. The molecule has 0 aliphatic heterocycles. The van der Waals surface area contributed by atoms with Gasteiger partial charge in [0.15, 0.2) is 25.0 Å². The molecule has 0 aliphatic rings. The first kappa shape index (κ1) is 32.5. The highest BCUT2D eigenvalue weighted by Crippen LogP contribution is 2.24. The van der Waals surface area contributed by atoms with Gasteiger partial charge in [-0.2, -0.15) is 0 Å². The third-order valence-corrected chi connectivity index (χ3v) is 29.3. The van der Waals surface area contributed by atoms with Crippen molar-refractivity contribution < 1.29 is 28.8 Å². The Morgan fingerprint density at radius 1 is 0.387 bits per heavy atom. The van der Waals surface area contributed by atoms with E-state index in [1.165, 1.54) is 0 Å². The molecule has 0 bridgehead atoms. The summed E-state index contributed by atoms with van der Waals surface area (Å²) in [6, 6.07) is 0. The fraction of sp³-hybridized carbons (Fsp3) is 1.00. The third-order valence-electron chi connectivity index (χ3n) is 3.26. The molecule has 0 aromatic heterocycles. The number of hydrogen-bond acceptors (Lipinski definition) is 7. The van der Waals surface area contributed by atoms with Crippen LogP contribution in [0.2, 0.25) is 105 Å². The van der Waals surface area contributed by atoms with Crippen molar-refractivity contribution in [3.63, 3.8) is 0 Å². The second-order valence-corrected chi connectivity index (χ2v) is 40.4. The summed E-state index contributed by atoms with van der Waals surface area (Å²) in [6.45, 7) is 34.1. The fourth-order valence-electron chi connectivity index (χ4n) is 3.61. The van der Waals surface area contributed by atoms with Gasteiger partial charge in [0.25, 0.3) is 0 Å². The topological polar surface area (TPSA) is 64.6 Å². The molecule has 7 nitrogen and oxygen atoms in total. The molecule has 0 aliphatic carbocycles. The zero-order valence-corrected chi connectivity index (χ0v) is 31.3. The van der Waals surface area contributed by atoms with Crippen LogP contribution in [0, 0.1) is 0 Å². The standard InChI is InChI=1S/C16H50O7Si8/c1-24(17-29(12,13)21-26(3,4)5)19-31(16,23-28(9,10)11)20-25(2)18-30(14,15)22-27(6,7)8/h24-25H,1-16H3. The summed E-state index contributed by atoms with van der Waals surface area (Å²) in [4.78, 5) is 0. The first-order valence-electron chi connectivity index (χ1n) is 11.1. The Morgan fingerprint density at radius 3 is 0.871 bits per heavy atom. The molecular weight excluding hydrogens is 529 g/mol. The van der Waals surface area contributed by atoms with Crippen LogP contribution in [0.5, 0.6) is 0 Å². The van der Waals surface area contributed by atoms with E-state index < -0.39 is 69.4 Å². The fourth-order valence-corrected chi connectivity index (χ4v) is 35.5. The van der Waals surface area contributed by atoms with Crippen molar-refractivity contribution >= 4 is 69.4 Å². The maximum absolute atomic E-state index is 6.51. The summed E-state index contributed by atoms with van der Waals surface area (Å²) in [6.07, 6.45) is 0. The smallest absolute Gasteiger partial charge is 0.437 e. The van der Waals surface area contributed by atoms with Gasteiger partial charge in [-0.25, -0.2) is 0 Å². The summed E-state index contributed by atoms with van der Waals surface area (Å²) < 4.78 is 45.0. The lowest BCUT2D eigenvalue weighted by atomic mass is 11.8. The van der Waals surface area contributed by atoms with E-state index in [4.69, 9.17) is 28.8 Å². The van der Waals surface area contributed by atoms with E-state index in [-0.39, 0.29) is 0 Å². The van der Waals surface area contributed by atoms with Crippen molar-refractivity contribution in [2.45, 2.75) is 105 Å². The molecule has 0 N–H and O–H groups in total. The predicted octanol–water partition coefficient (Wildman–Crippen LogP) is 5.28. The van der Waals surface area contributed by atoms with Crippen LogP contribution in [-0.2, 0) is 28.8 Å². The quantitative estimate of drug-likeness (QED) is 0.260. The van der Waals surface area contributed by atoms with Gasteiger partial charge in [0.05, 0.1) is 0 Å². The predicted molar refractivity (Wildman–Crippen MR) is 150 cm³/mol. The van der Waals surface area contributed by atoms with Gasteiger partial charge in [0.1, 0.15) is 0 Å². The Morgan fingerprint density at radius 2 is 0.645 bits per heavy atom. The van der Waals surface area contributed by atoms with E-state index in [9.17, 15) is 0 Å². The highest BCUT2D eigenvalue weighted by atomic mass is 28.5. The van der Waals surface area contributed by atoms with Crippen LogP contribution in [0.15, 0.2) is 0 Å². The Hall–Kier alpha value is 1.46. The zero-order valence-electron chi connectivity index (χ0n) is 23.0. The summed E-state index contributed by atoms with van der Waals surface area (Å²) >= 11 is 0. The molecule has 188 valence electrons. The number of hydrogen-bond donors (Lipinski definition) is 0. The Labute approximate surface area is 202 Å². The molecule has 0 heterocycles. The lowest BCUT2D eigenvalue weighted by molar-refractivity contribution is 0.224. The second-order valence-electron chi connectivity index (χ2n) is 11.9. The van der Waals surface area contributed by atoms with Gasteiger partial charge in [0, 0.05) is 6.55 Å². The van der Waals surface area contributed by atoms with E-state index in [2.05, 4.69) is 85.1 Å². The highest BCUT2D eigenvalue weighted by Gasteiger charge is 2.46. The summed E-state index contributed by atoms with van der Waals surface area (Å²) in [5.74, 6) is 0. The molecule has 0 aromatic carbocycles. The molecule has 0 fully saturated rings. The summed E-state index contributed by atoms with van der Waals surface area (Å²) in [7, 11) is -16.8. The molecular formula is C16H50O7Si8. The summed E-state index contributed by atoms with van der Waals surface area (Å²) in [5.41, 5.74) is 0. The Bertz CT molecular complexity index is 520. The molecule has 0 amide bonds. The molecule has 15 heteroatoms. The van der Waals surface area contributed by atoms with E-state index in [0.717, 1.165) is 0 Å². The van der Waals surface area contributed by atoms with Gasteiger partial charge in [-0.15, -0.1) is 0 Å². The molecule has 0 aromatic rings. The van der Waals surface area contributed by atoms with Crippen LogP contribution in [0.4, 0.5) is 0 Å². The molecule has 0 rings (SSSR count). The largest absolute Gasteiger partial charge is 0.468 e. The van der Waals surface area contributed by atoms with Gasteiger partial charge < -0.3 is 28.8 Å². The zero-order chi connectivity index (χ0) is 25.1. The van der Waals surface area contributed by atoms with Crippen LogP contribution in [0.1, 0.15) is 0 Å². The van der Waals surface area contributed by atoms with Gasteiger partial charge in [-0.05, 0) is 98.2 Å². The average Bonchev–Trinajstić information content (AvgIpc) is 2.24. The van der Waals surface area contributed by atoms with E-state index >= 15 is 0 Å². The number of rotatable bonds is 14. The molecule has 31 heavy (non-hydrogen) atoms. The van der Waals surface area contributed by atoms with Crippen LogP contribution in [0.3, 0.4) is 0 Å². The SMILES string of the molecule is C[SiH](O[Si](C)(C)O[Si](C)(C)C)O[Si](C)(O[SiH](C)O[Si](C)(C)O[Si](C)(C)C)O[Si](C)(C)C. The minimum atomic E-state index is -2.94. The maximum Gasteiger partial charge on any atom is 0.468 e. The molecule has 0 saturated carbocycles. The Kier molecular flexibility index (Phi) is 12.0. The molecule has 2 unspecified atom stereocenters. The van der Waals surface area contributed by atoms with E-state index in [1.54, 1.807) is 0 Å². The van der Waals surface area contributed by atoms with Crippen LogP contribution in [0.25, 0.3) is 0 Å². The van der Waals surface area contributed by atoms with Crippen molar-refractivity contribution in [2.75, 3.05) is 0 Å². The highest BCUT2D eigenvalue weighted by molar-refractivity contribution is 6.88. The molecule has 2 atom stereocenters. The summed E-state index contributed by atoms with van der Waals surface area (Å²) in [5, 5.41) is 0. The molecule has 0 saturated heterocycles. The molecule has 0 spiro atoms. The van der Waals surface area contributed by atoms with Crippen molar-refractivity contribution in [3.8, 4) is 0 Å². The van der Waals surface area contributed by atoms with Crippen molar-refractivity contribution in [2.24, 2.45) is 0 Å². The van der Waals surface area contributed by atoms with E-state index in [1.807, 2.05) is 19.6 Å². The van der Waals surface area contributed by atoms with Crippen LogP contribution >= 0.6 is 0 Å². The van der Waals surface area contributed by atoms with Gasteiger partial charge in [0.2, 0.25) is 0 Å². The van der Waals surface area contributed by atoms with Crippen LogP contribution in [-0.4, -0.2) is 69.4 Å². The average molecular weight is 579 g/mol. The lowest BCUT2D eigenvalue weighted by Crippen LogP contribution is -2.58. The maximum atomic E-state index is 6.51. The van der Waals surface area contributed by atoms with Crippen molar-refractivity contribution in [1.29, 1.82) is 0 Å². The normalized spacial score (nSPS) is 18.6. The first-order chi connectivity index (χ1) is 13.3. The van der Waals surface area contributed by atoms with Crippen LogP contribution < -0.4 is 0 Å². The van der Waals surface area contributed by atoms with Gasteiger partial charge in [-0.1, -0.05) is 0 Å². The van der Waals surface area contributed by atoms with Gasteiger partial charge in [-0.3, -0.25) is 0 Å². The monoisotopic (exact) mass is 578 g/mol. The van der Waals surface area contributed by atoms with Crippen molar-refractivity contribution in [3.05, 3.63) is 0 Å². The second kappa shape index (κ2) is 11.5. The minimum Gasteiger partial charge on any atom is -0.437 e. The van der Waals surface area contributed by atoms with Crippen molar-refractivity contribution in [1.82, 2.24) is 0 Å². The lowest BCUT2D eigenvalue weighted by Gasteiger charge is -2.40. The first-order valence-corrected chi connectivity index (χ1v) is 33.4. The van der Waals surface area contributed by atoms with Gasteiger partial charge >= 0.3 is 44.5 Å². The van der Waals surface area contributed by atoms with E-state index in [0.29, 0.717) is 0 Å².